The summed E-state index contributed by atoms with van der Waals surface area (Å²) in [5.41, 5.74) is 6.47. The molecular weight excluding hydrogens is 300 g/mol. The maximum absolute atomic E-state index is 13.5. The van der Waals surface area contributed by atoms with Crippen LogP contribution in [0.2, 0.25) is 0 Å². The van der Waals surface area contributed by atoms with Gasteiger partial charge in [0.1, 0.15) is 11.6 Å². The fraction of sp³-hybridized carbons (Fsp3) is 0.375. The molecular formula is C16H19F2N5. The molecule has 0 unspecified atom stereocenters. The molecule has 0 amide bonds. The Bertz CT molecular complexity index is 704. The second-order valence-electron chi connectivity index (χ2n) is 5.68. The molecule has 122 valence electrons. The number of hydrogen-bond acceptors (Lipinski definition) is 2. The minimum atomic E-state index is -0.588. The highest BCUT2D eigenvalue weighted by atomic mass is 19.1. The van der Waals surface area contributed by atoms with Gasteiger partial charge in [0, 0.05) is 12.3 Å². The van der Waals surface area contributed by atoms with Crippen molar-refractivity contribution in [3.8, 4) is 0 Å². The summed E-state index contributed by atoms with van der Waals surface area (Å²) < 4.78 is 28.6. The van der Waals surface area contributed by atoms with Crippen molar-refractivity contribution in [3.05, 3.63) is 47.8 Å². The van der Waals surface area contributed by atoms with Crippen molar-refractivity contribution in [1.29, 1.82) is 0 Å². The first-order valence-electron chi connectivity index (χ1n) is 7.68. The van der Waals surface area contributed by atoms with Crippen molar-refractivity contribution in [2.75, 3.05) is 5.32 Å². The fourth-order valence-electron chi connectivity index (χ4n) is 2.77. The van der Waals surface area contributed by atoms with Gasteiger partial charge in [-0.15, -0.1) is 0 Å². The van der Waals surface area contributed by atoms with Crippen LogP contribution in [-0.2, 0) is 6.54 Å². The van der Waals surface area contributed by atoms with E-state index in [0.29, 0.717) is 6.04 Å². The SMILES string of the molecule is NC(=NCc1ccn(C2CCCC2)n1)Nc1cc(F)ccc1F. The van der Waals surface area contributed by atoms with E-state index in [1.807, 2.05) is 16.9 Å². The molecule has 0 aliphatic heterocycles. The number of nitrogens with one attached hydrogen (secondary N) is 1. The molecule has 1 fully saturated rings. The van der Waals surface area contributed by atoms with E-state index < -0.39 is 11.6 Å². The molecule has 23 heavy (non-hydrogen) atoms. The van der Waals surface area contributed by atoms with Crippen LogP contribution in [0.3, 0.4) is 0 Å². The van der Waals surface area contributed by atoms with Gasteiger partial charge in [-0.25, -0.2) is 13.8 Å². The molecule has 3 rings (SSSR count). The first kappa shape index (κ1) is 15.5. The number of nitrogens with two attached hydrogens (primary N) is 1. The predicted molar refractivity (Wildman–Crippen MR) is 85.0 cm³/mol. The topological polar surface area (TPSA) is 68.2 Å². The maximum atomic E-state index is 13.5. The Morgan fingerprint density at radius 2 is 2.09 bits per heavy atom. The summed E-state index contributed by atoms with van der Waals surface area (Å²) in [6.45, 7) is 0.287. The number of benzene rings is 1. The van der Waals surface area contributed by atoms with Crippen molar-refractivity contribution in [2.24, 2.45) is 10.7 Å². The standard InChI is InChI=1S/C16H19F2N5/c17-11-5-6-14(18)15(9-11)21-16(19)20-10-12-7-8-23(22-12)13-3-1-2-4-13/h5-9,13H,1-4,10H2,(H3,19,20,21). The lowest BCUT2D eigenvalue weighted by atomic mass is 10.3. The van der Waals surface area contributed by atoms with Crippen LogP contribution >= 0.6 is 0 Å². The molecule has 1 saturated carbocycles. The van der Waals surface area contributed by atoms with Crippen molar-refractivity contribution in [3.63, 3.8) is 0 Å². The molecule has 1 aliphatic rings. The second-order valence-corrected chi connectivity index (χ2v) is 5.68. The monoisotopic (exact) mass is 319 g/mol. The summed E-state index contributed by atoms with van der Waals surface area (Å²) in [7, 11) is 0. The van der Waals surface area contributed by atoms with E-state index in [4.69, 9.17) is 5.73 Å². The van der Waals surface area contributed by atoms with Crippen LogP contribution < -0.4 is 11.1 Å². The Morgan fingerprint density at radius 3 is 2.87 bits per heavy atom. The largest absolute Gasteiger partial charge is 0.370 e. The van der Waals surface area contributed by atoms with Gasteiger partial charge in [0.05, 0.1) is 24.0 Å². The van der Waals surface area contributed by atoms with Gasteiger partial charge in [-0.05, 0) is 31.0 Å². The van der Waals surface area contributed by atoms with Crippen molar-refractivity contribution >= 4 is 11.6 Å². The average molecular weight is 319 g/mol. The van der Waals surface area contributed by atoms with E-state index >= 15 is 0 Å². The lowest BCUT2D eigenvalue weighted by Crippen LogP contribution is -2.23. The van der Waals surface area contributed by atoms with Gasteiger partial charge in [0.15, 0.2) is 5.96 Å². The molecule has 0 bridgehead atoms. The zero-order valence-corrected chi connectivity index (χ0v) is 12.7. The Labute approximate surface area is 133 Å². The third-order valence-electron chi connectivity index (χ3n) is 3.96. The number of nitrogens with zero attached hydrogens (tertiary/aromatic N) is 3. The minimum absolute atomic E-state index is 0.0184. The van der Waals surface area contributed by atoms with E-state index in [0.717, 1.165) is 36.7 Å². The highest BCUT2D eigenvalue weighted by Crippen LogP contribution is 2.28. The van der Waals surface area contributed by atoms with E-state index in [9.17, 15) is 8.78 Å². The van der Waals surface area contributed by atoms with Crippen LogP contribution in [0.15, 0.2) is 35.5 Å². The number of hydrogen-bond donors (Lipinski definition) is 2. The smallest absolute Gasteiger partial charge is 0.193 e. The van der Waals surface area contributed by atoms with Crippen LogP contribution in [0, 0.1) is 11.6 Å². The molecule has 5 nitrogen and oxygen atoms in total. The quantitative estimate of drug-likeness (QED) is 0.672. The zero-order valence-electron chi connectivity index (χ0n) is 12.7. The molecule has 0 atom stereocenters. The number of guanidine groups is 1. The van der Waals surface area contributed by atoms with Crippen LogP contribution in [0.25, 0.3) is 0 Å². The molecule has 1 heterocycles. The summed E-state index contributed by atoms with van der Waals surface area (Å²) in [6.07, 6.45) is 6.76. The normalized spacial score (nSPS) is 16.0. The average Bonchev–Trinajstić information content (AvgIpc) is 3.19. The van der Waals surface area contributed by atoms with Crippen molar-refractivity contribution in [2.45, 2.75) is 38.3 Å². The Balaban J connectivity index is 1.61. The lowest BCUT2D eigenvalue weighted by Gasteiger charge is -2.08. The first-order valence-corrected chi connectivity index (χ1v) is 7.68. The van der Waals surface area contributed by atoms with Crippen LogP contribution in [-0.4, -0.2) is 15.7 Å². The zero-order chi connectivity index (χ0) is 16.2. The molecule has 3 N–H and O–H groups in total. The predicted octanol–water partition coefficient (Wildman–Crippen LogP) is 3.20. The molecule has 0 spiro atoms. The number of halogens is 2. The maximum Gasteiger partial charge on any atom is 0.193 e. The number of aliphatic imine (C=N–C) groups is 1. The van der Waals surface area contributed by atoms with Gasteiger partial charge in [0.25, 0.3) is 0 Å². The van der Waals surface area contributed by atoms with Crippen molar-refractivity contribution < 1.29 is 8.78 Å². The molecule has 1 aliphatic carbocycles. The van der Waals surface area contributed by atoms with Gasteiger partial charge in [-0.1, -0.05) is 12.8 Å². The first-order chi connectivity index (χ1) is 11.1. The van der Waals surface area contributed by atoms with Gasteiger partial charge in [-0.3, -0.25) is 4.68 Å². The van der Waals surface area contributed by atoms with Crippen LogP contribution in [0.5, 0.6) is 0 Å². The van der Waals surface area contributed by atoms with Gasteiger partial charge < -0.3 is 11.1 Å². The number of rotatable bonds is 4. The molecule has 1 aromatic carbocycles. The number of aromatic nitrogens is 2. The third kappa shape index (κ3) is 3.85. The highest BCUT2D eigenvalue weighted by Gasteiger charge is 2.17. The minimum Gasteiger partial charge on any atom is -0.370 e. The molecule has 0 saturated heterocycles. The Kier molecular flexibility index (Phi) is 4.55. The lowest BCUT2D eigenvalue weighted by molar-refractivity contribution is 0.463. The second kappa shape index (κ2) is 6.76. The van der Waals surface area contributed by atoms with E-state index in [2.05, 4.69) is 15.4 Å². The summed E-state index contributed by atoms with van der Waals surface area (Å²) >= 11 is 0. The molecule has 7 heteroatoms. The fourth-order valence-corrected chi connectivity index (χ4v) is 2.77. The third-order valence-corrected chi connectivity index (χ3v) is 3.96. The van der Waals surface area contributed by atoms with E-state index in [1.165, 1.54) is 12.8 Å². The van der Waals surface area contributed by atoms with Crippen LogP contribution in [0.4, 0.5) is 14.5 Å². The van der Waals surface area contributed by atoms with Crippen LogP contribution in [0.1, 0.15) is 37.4 Å². The Morgan fingerprint density at radius 1 is 1.30 bits per heavy atom. The summed E-state index contributed by atoms with van der Waals surface area (Å²) in [5, 5.41) is 7.06. The van der Waals surface area contributed by atoms with E-state index in [1.54, 1.807) is 0 Å². The summed E-state index contributed by atoms with van der Waals surface area (Å²) in [6, 6.07) is 5.49. The van der Waals surface area contributed by atoms with Gasteiger partial charge in [-0.2, -0.15) is 5.10 Å². The molecule has 0 radical (unpaired) electrons. The van der Waals surface area contributed by atoms with E-state index in [-0.39, 0.29) is 18.2 Å². The number of anilines is 1. The molecule has 2 aromatic rings. The highest BCUT2D eigenvalue weighted by molar-refractivity contribution is 5.92. The summed E-state index contributed by atoms with van der Waals surface area (Å²) in [5.74, 6) is -1.11. The van der Waals surface area contributed by atoms with Gasteiger partial charge in [0.2, 0.25) is 0 Å². The summed E-state index contributed by atoms with van der Waals surface area (Å²) in [4.78, 5) is 4.12. The van der Waals surface area contributed by atoms with Gasteiger partial charge >= 0.3 is 0 Å². The molecule has 1 aromatic heterocycles. The van der Waals surface area contributed by atoms with Crippen molar-refractivity contribution in [1.82, 2.24) is 9.78 Å². The Hall–Kier alpha value is -2.44.